The molecule has 350 valence electrons. The third kappa shape index (κ3) is 47.1. The van der Waals surface area contributed by atoms with Crippen LogP contribution < -0.4 is 0 Å². The van der Waals surface area contributed by atoms with Gasteiger partial charge in [0, 0.05) is 19.3 Å². The fourth-order valence-electron chi connectivity index (χ4n) is 6.34. The first-order chi connectivity index (χ1) is 30.5. The minimum absolute atomic E-state index is 0.0968. The Hall–Kier alpha value is -3.93. The molecule has 0 bridgehead atoms. The van der Waals surface area contributed by atoms with Crippen molar-refractivity contribution in [3.63, 3.8) is 0 Å². The molecule has 0 aliphatic rings. The summed E-state index contributed by atoms with van der Waals surface area (Å²) in [7, 11) is 0. The fourth-order valence-corrected chi connectivity index (χ4v) is 6.34. The molecule has 0 aliphatic heterocycles. The molecule has 0 aromatic rings. The first-order valence-electron chi connectivity index (χ1n) is 24.9. The van der Waals surface area contributed by atoms with Crippen LogP contribution in [0.1, 0.15) is 207 Å². The van der Waals surface area contributed by atoms with Crippen LogP contribution in [0.15, 0.2) is 109 Å². The van der Waals surface area contributed by atoms with E-state index in [2.05, 4.69) is 130 Å². The predicted octanol–water partition coefficient (Wildman–Crippen LogP) is 16.4. The number of allylic oxidation sites excluding steroid dienone is 18. The van der Waals surface area contributed by atoms with Gasteiger partial charge in [0.05, 0.1) is 0 Å². The van der Waals surface area contributed by atoms with E-state index in [1.165, 1.54) is 32.1 Å². The molecule has 0 aliphatic carbocycles. The Morgan fingerprint density at radius 1 is 0.339 bits per heavy atom. The van der Waals surface area contributed by atoms with Crippen molar-refractivity contribution in [2.75, 3.05) is 13.2 Å². The van der Waals surface area contributed by atoms with Gasteiger partial charge in [-0.1, -0.05) is 194 Å². The van der Waals surface area contributed by atoms with E-state index in [1.54, 1.807) is 0 Å². The quantitative estimate of drug-likeness (QED) is 0.0263. The van der Waals surface area contributed by atoms with Crippen LogP contribution in [0, 0.1) is 0 Å². The molecule has 0 amide bonds. The van der Waals surface area contributed by atoms with E-state index in [-0.39, 0.29) is 37.5 Å². The highest BCUT2D eigenvalue weighted by atomic mass is 16.6. The Morgan fingerprint density at radius 3 is 1.00 bits per heavy atom. The molecular formula is C56H90O6. The van der Waals surface area contributed by atoms with Crippen molar-refractivity contribution < 1.29 is 28.6 Å². The summed E-state index contributed by atoms with van der Waals surface area (Å²) < 4.78 is 16.6. The molecule has 0 N–H and O–H groups in total. The molecule has 0 saturated heterocycles. The van der Waals surface area contributed by atoms with Crippen molar-refractivity contribution in [2.24, 2.45) is 0 Å². The first-order valence-corrected chi connectivity index (χ1v) is 24.9. The number of hydrogen-bond acceptors (Lipinski definition) is 6. The van der Waals surface area contributed by atoms with Crippen molar-refractivity contribution >= 4 is 17.9 Å². The highest BCUT2D eigenvalue weighted by Gasteiger charge is 2.19. The number of carbonyl (C=O) groups excluding carboxylic acids is 3. The molecule has 62 heavy (non-hydrogen) atoms. The van der Waals surface area contributed by atoms with E-state index in [4.69, 9.17) is 14.2 Å². The third-order valence-corrected chi connectivity index (χ3v) is 10.0. The fraction of sp³-hybridized carbons (Fsp3) is 0.625. The van der Waals surface area contributed by atoms with E-state index < -0.39 is 6.10 Å². The Morgan fingerprint density at radius 2 is 0.629 bits per heavy atom. The Balaban J connectivity index is 4.25. The normalized spacial score (nSPS) is 13.0. The maximum absolute atomic E-state index is 12.7. The Bertz CT molecular complexity index is 1310. The van der Waals surface area contributed by atoms with Gasteiger partial charge < -0.3 is 14.2 Å². The number of hydrogen-bond donors (Lipinski definition) is 0. The van der Waals surface area contributed by atoms with Gasteiger partial charge in [-0.05, 0) is 103 Å². The number of ether oxygens (including phenoxy) is 3. The van der Waals surface area contributed by atoms with Gasteiger partial charge in [-0.2, -0.15) is 0 Å². The maximum Gasteiger partial charge on any atom is 0.306 e. The lowest BCUT2D eigenvalue weighted by Crippen LogP contribution is -2.30. The molecule has 0 aromatic carbocycles. The number of esters is 3. The summed E-state index contributed by atoms with van der Waals surface area (Å²) in [5.74, 6) is -0.960. The number of rotatable bonds is 43. The largest absolute Gasteiger partial charge is 0.462 e. The van der Waals surface area contributed by atoms with Gasteiger partial charge >= 0.3 is 17.9 Å². The zero-order valence-electron chi connectivity index (χ0n) is 39.8. The second kappa shape index (κ2) is 49.7. The lowest BCUT2D eigenvalue weighted by molar-refractivity contribution is -0.167. The number of unbranched alkanes of at least 4 members (excludes halogenated alkanes) is 14. The second-order valence-corrected chi connectivity index (χ2v) is 16.0. The molecule has 0 heterocycles. The van der Waals surface area contributed by atoms with Crippen molar-refractivity contribution in [3.8, 4) is 0 Å². The lowest BCUT2D eigenvalue weighted by atomic mass is 10.1. The van der Waals surface area contributed by atoms with Crippen LogP contribution in [0.5, 0.6) is 0 Å². The zero-order chi connectivity index (χ0) is 45.1. The smallest absolute Gasteiger partial charge is 0.306 e. The maximum atomic E-state index is 12.7. The van der Waals surface area contributed by atoms with Crippen molar-refractivity contribution in [2.45, 2.75) is 213 Å². The summed E-state index contributed by atoms with van der Waals surface area (Å²) in [5.41, 5.74) is 0. The highest BCUT2D eigenvalue weighted by molar-refractivity contribution is 5.71. The molecule has 0 spiro atoms. The SMILES string of the molecule is CC/C=C\C/C=C\C/C=C\C/C=C\C/C=C\C/C=C\CCCCCCCCC(=O)OCC(COC(=O)CCCCCCCC)OC(=O)CCCCC/C=C\C/C=C\C/C=C\CC. The van der Waals surface area contributed by atoms with Crippen molar-refractivity contribution in [1.82, 2.24) is 0 Å². The van der Waals surface area contributed by atoms with E-state index in [9.17, 15) is 14.4 Å². The minimum atomic E-state index is -0.797. The van der Waals surface area contributed by atoms with E-state index in [0.29, 0.717) is 12.8 Å². The summed E-state index contributed by atoms with van der Waals surface area (Å²) in [6.45, 7) is 6.28. The summed E-state index contributed by atoms with van der Waals surface area (Å²) in [4.78, 5) is 37.7. The molecule has 0 rings (SSSR count). The van der Waals surface area contributed by atoms with Crippen LogP contribution in [-0.2, 0) is 28.6 Å². The summed E-state index contributed by atoms with van der Waals surface area (Å²) in [6.07, 6.45) is 66.7. The van der Waals surface area contributed by atoms with Crippen molar-refractivity contribution in [3.05, 3.63) is 109 Å². The molecule has 1 atom stereocenters. The van der Waals surface area contributed by atoms with E-state index >= 15 is 0 Å². The van der Waals surface area contributed by atoms with Crippen LogP contribution in [-0.4, -0.2) is 37.2 Å². The highest BCUT2D eigenvalue weighted by Crippen LogP contribution is 2.12. The summed E-state index contributed by atoms with van der Waals surface area (Å²) in [5, 5.41) is 0. The molecule has 6 heteroatoms. The molecule has 0 fully saturated rings. The lowest BCUT2D eigenvalue weighted by Gasteiger charge is -2.18. The van der Waals surface area contributed by atoms with Crippen LogP contribution in [0.2, 0.25) is 0 Å². The topological polar surface area (TPSA) is 78.9 Å². The molecular weight excluding hydrogens is 769 g/mol. The van der Waals surface area contributed by atoms with E-state index in [0.717, 1.165) is 135 Å². The predicted molar refractivity (Wildman–Crippen MR) is 265 cm³/mol. The second-order valence-electron chi connectivity index (χ2n) is 16.0. The molecule has 0 saturated carbocycles. The van der Waals surface area contributed by atoms with Crippen LogP contribution in [0.25, 0.3) is 0 Å². The average molecular weight is 859 g/mol. The third-order valence-electron chi connectivity index (χ3n) is 10.0. The Labute approximate surface area is 380 Å². The number of carbonyl (C=O) groups is 3. The monoisotopic (exact) mass is 859 g/mol. The first kappa shape index (κ1) is 58.1. The Kier molecular flexibility index (Phi) is 46.6. The van der Waals surface area contributed by atoms with Crippen LogP contribution in [0.4, 0.5) is 0 Å². The summed E-state index contributed by atoms with van der Waals surface area (Å²) >= 11 is 0. The zero-order valence-corrected chi connectivity index (χ0v) is 39.8. The molecule has 0 radical (unpaired) electrons. The van der Waals surface area contributed by atoms with Gasteiger partial charge in [0.15, 0.2) is 6.10 Å². The van der Waals surface area contributed by atoms with Gasteiger partial charge in [-0.25, -0.2) is 0 Å². The van der Waals surface area contributed by atoms with Gasteiger partial charge in [0.1, 0.15) is 13.2 Å². The molecule has 6 nitrogen and oxygen atoms in total. The molecule has 1 unspecified atom stereocenters. The van der Waals surface area contributed by atoms with E-state index in [1.807, 2.05) is 0 Å². The van der Waals surface area contributed by atoms with Crippen molar-refractivity contribution in [1.29, 1.82) is 0 Å². The average Bonchev–Trinajstić information content (AvgIpc) is 3.27. The van der Waals surface area contributed by atoms with Gasteiger partial charge in [0.25, 0.3) is 0 Å². The standard InChI is InChI=1S/C56H90O6/c1-4-7-10-13-16-18-20-22-23-24-25-26-27-28-29-30-31-32-33-35-36-38-40-43-46-49-55(58)61-52-53(51-60-54(57)48-45-42-15-12-9-6-3)62-56(59)50-47-44-41-39-37-34-21-19-17-14-11-8-5-2/h7-8,10-11,16-19,22-23,25-26,28-29,31-32,34,37,53H,4-6,9,12-15,20-21,24,27,30,33,35-36,38-52H2,1-3H3/b10-7-,11-8-,18-16-,19-17-,23-22-,26-25-,29-28-,32-31-,37-34-. The van der Waals surface area contributed by atoms with Crippen LogP contribution >= 0.6 is 0 Å². The molecule has 0 aromatic heterocycles. The van der Waals surface area contributed by atoms with Crippen LogP contribution in [0.3, 0.4) is 0 Å². The van der Waals surface area contributed by atoms with Gasteiger partial charge in [0.2, 0.25) is 0 Å². The van der Waals surface area contributed by atoms with Gasteiger partial charge in [-0.15, -0.1) is 0 Å². The summed E-state index contributed by atoms with van der Waals surface area (Å²) in [6, 6.07) is 0. The minimum Gasteiger partial charge on any atom is -0.462 e. The van der Waals surface area contributed by atoms with Gasteiger partial charge in [-0.3, -0.25) is 14.4 Å².